The predicted molar refractivity (Wildman–Crippen MR) is 104 cm³/mol. The Morgan fingerprint density at radius 1 is 0.885 bits per heavy atom. The summed E-state index contributed by atoms with van der Waals surface area (Å²) in [6.07, 6.45) is 2.20. The van der Waals surface area contributed by atoms with Crippen LogP contribution in [0.25, 0.3) is 0 Å². The highest BCUT2D eigenvalue weighted by Gasteiger charge is 2.11. The van der Waals surface area contributed by atoms with Crippen LogP contribution in [-0.4, -0.2) is 44.7 Å². The fourth-order valence-electron chi connectivity index (χ4n) is 2.24. The lowest BCUT2D eigenvalue weighted by molar-refractivity contribution is -0.0374. The smallest absolute Gasteiger partial charge is 0.153 e. The van der Waals surface area contributed by atoms with Crippen LogP contribution in [0.15, 0.2) is 65.8 Å². The van der Waals surface area contributed by atoms with Crippen LogP contribution >= 0.6 is 0 Å². The number of ether oxygens (including phenoxy) is 2. The maximum Gasteiger partial charge on any atom is 0.153 e. The summed E-state index contributed by atoms with van der Waals surface area (Å²) in [5.41, 5.74) is 2.30. The van der Waals surface area contributed by atoms with Crippen molar-refractivity contribution < 1.29 is 14.3 Å². The molecule has 0 bridgehead atoms. The monoisotopic (exact) mass is 356 g/mol. The Balaban J connectivity index is 1.72. The van der Waals surface area contributed by atoms with Gasteiger partial charge < -0.3 is 19.2 Å². The van der Waals surface area contributed by atoms with E-state index in [2.05, 4.69) is 17.3 Å². The first-order chi connectivity index (χ1) is 12.7. The van der Waals surface area contributed by atoms with Gasteiger partial charge >= 0.3 is 0 Å². The molecule has 0 aliphatic heterocycles. The van der Waals surface area contributed by atoms with Gasteiger partial charge in [-0.2, -0.15) is 0 Å². The second-order valence-corrected chi connectivity index (χ2v) is 6.24. The van der Waals surface area contributed by atoms with Crippen LogP contribution in [0.5, 0.6) is 0 Å². The summed E-state index contributed by atoms with van der Waals surface area (Å²) in [6.45, 7) is 2.21. The number of hydrogen-bond donors (Lipinski definition) is 0. The van der Waals surface area contributed by atoms with Gasteiger partial charge in [0.05, 0.1) is 26.4 Å². The molecule has 0 aliphatic rings. The van der Waals surface area contributed by atoms with Crippen molar-refractivity contribution in [1.82, 2.24) is 4.90 Å². The van der Waals surface area contributed by atoms with Crippen molar-refractivity contribution in [3.8, 4) is 0 Å². The quantitative estimate of drug-likeness (QED) is 0.252. The number of oxime groups is 1. The molecule has 0 aliphatic carbocycles. The zero-order valence-electron chi connectivity index (χ0n) is 15.6. The van der Waals surface area contributed by atoms with E-state index in [9.17, 15) is 0 Å². The summed E-state index contributed by atoms with van der Waals surface area (Å²) in [7, 11) is 3.80. The van der Waals surface area contributed by atoms with Gasteiger partial charge in [-0.15, -0.1) is 0 Å². The van der Waals surface area contributed by atoms with Gasteiger partial charge in [0.1, 0.15) is 6.34 Å². The Hall–Kier alpha value is -2.37. The lowest BCUT2D eigenvalue weighted by atomic mass is 10.2. The molecule has 0 aromatic heterocycles. The summed E-state index contributed by atoms with van der Waals surface area (Å²) in [6, 6.07) is 20.2. The van der Waals surface area contributed by atoms with Crippen LogP contribution in [0.2, 0.25) is 0 Å². The predicted octanol–water partition coefficient (Wildman–Crippen LogP) is 3.70. The zero-order chi connectivity index (χ0) is 18.5. The Bertz CT molecular complexity index is 618. The third kappa shape index (κ3) is 8.65. The lowest BCUT2D eigenvalue weighted by Gasteiger charge is -2.16. The lowest BCUT2D eigenvalue weighted by Crippen LogP contribution is -2.21. The number of benzene rings is 2. The molecule has 0 amide bonds. The third-order valence-electron chi connectivity index (χ3n) is 3.60. The molecule has 2 aromatic rings. The number of nitrogens with zero attached hydrogens (tertiary/aromatic N) is 2. The molecule has 2 rings (SSSR count). The normalized spacial score (nSPS) is 12.2. The van der Waals surface area contributed by atoms with Crippen molar-refractivity contribution in [2.45, 2.75) is 25.7 Å². The van der Waals surface area contributed by atoms with Crippen molar-refractivity contribution >= 4 is 6.34 Å². The molecular weight excluding hydrogens is 328 g/mol. The van der Waals surface area contributed by atoms with Crippen LogP contribution in [0.4, 0.5) is 0 Å². The number of rotatable bonds is 12. The molecule has 0 saturated heterocycles. The van der Waals surface area contributed by atoms with E-state index >= 15 is 0 Å². The van der Waals surface area contributed by atoms with Gasteiger partial charge in [-0.05, 0) is 11.1 Å². The molecule has 5 heteroatoms. The third-order valence-corrected chi connectivity index (χ3v) is 3.60. The standard InChI is InChI=1S/C21H28N2O3/c1-23(2)18-22-26-21(17-25-16-20-11-7-4-8-12-20)13-14-24-15-19-9-5-3-6-10-19/h3-12,18,21H,13-17H2,1-2H3/t21-/m1/s1. The molecule has 0 saturated carbocycles. The van der Waals surface area contributed by atoms with Crippen LogP contribution in [0.1, 0.15) is 17.5 Å². The van der Waals surface area contributed by atoms with Crippen molar-refractivity contribution in [1.29, 1.82) is 0 Å². The summed E-state index contributed by atoms with van der Waals surface area (Å²) in [5, 5.41) is 4.00. The van der Waals surface area contributed by atoms with Gasteiger partial charge in [0.2, 0.25) is 0 Å². The molecule has 0 unspecified atom stereocenters. The first-order valence-electron chi connectivity index (χ1n) is 8.83. The van der Waals surface area contributed by atoms with E-state index in [0.29, 0.717) is 32.8 Å². The van der Waals surface area contributed by atoms with E-state index in [-0.39, 0.29) is 6.10 Å². The maximum absolute atomic E-state index is 5.79. The fraction of sp³-hybridized carbons (Fsp3) is 0.381. The van der Waals surface area contributed by atoms with E-state index in [1.165, 1.54) is 0 Å². The van der Waals surface area contributed by atoms with Gasteiger partial charge in [0.25, 0.3) is 0 Å². The zero-order valence-corrected chi connectivity index (χ0v) is 15.6. The van der Waals surface area contributed by atoms with E-state index in [1.807, 2.05) is 67.5 Å². The molecule has 0 spiro atoms. The van der Waals surface area contributed by atoms with Gasteiger partial charge in [-0.3, -0.25) is 0 Å². The van der Waals surface area contributed by atoms with Gasteiger partial charge in [0, 0.05) is 20.5 Å². The average molecular weight is 356 g/mol. The second-order valence-electron chi connectivity index (χ2n) is 6.24. The Morgan fingerprint density at radius 2 is 1.46 bits per heavy atom. The average Bonchev–Trinajstić information content (AvgIpc) is 2.66. The molecule has 140 valence electrons. The molecule has 0 radical (unpaired) electrons. The van der Waals surface area contributed by atoms with E-state index in [0.717, 1.165) is 11.1 Å². The molecule has 0 heterocycles. The molecule has 26 heavy (non-hydrogen) atoms. The minimum atomic E-state index is -0.148. The topological polar surface area (TPSA) is 43.3 Å². The van der Waals surface area contributed by atoms with Crippen molar-refractivity contribution in [2.24, 2.45) is 5.16 Å². The van der Waals surface area contributed by atoms with Gasteiger partial charge in [-0.1, -0.05) is 65.8 Å². The molecule has 2 aromatic carbocycles. The summed E-state index contributed by atoms with van der Waals surface area (Å²) in [5.74, 6) is 0. The molecular formula is C21H28N2O3. The van der Waals surface area contributed by atoms with Crippen LogP contribution in [0, 0.1) is 0 Å². The second kappa shape index (κ2) is 12.1. The van der Waals surface area contributed by atoms with Crippen LogP contribution in [0.3, 0.4) is 0 Å². The first-order valence-corrected chi connectivity index (χ1v) is 8.83. The molecule has 1 atom stereocenters. The SMILES string of the molecule is CN(C)C=NO[C@H](CCOCc1ccccc1)COCc1ccccc1. The number of hydrogen-bond acceptors (Lipinski definition) is 4. The fourth-order valence-corrected chi connectivity index (χ4v) is 2.24. The van der Waals surface area contributed by atoms with Crippen LogP contribution < -0.4 is 0 Å². The highest BCUT2D eigenvalue weighted by atomic mass is 16.7. The molecule has 0 fully saturated rings. The van der Waals surface area contributed by atoms with Crippen molar-refractivity contribution in [3.05, 3.63) is 71.8 Å². The summed E-state index contributed by atoms with van der Waals surface area (Å²) >= 11 is 0. The van der Waals surface area contributed by atoms with E-state index in [1.54, 1.807) is 6.34 Å². The van der Waals surface area contributed by atoms with Crippen molar-refractivity contribution in [3.63, 3.8) is 0 Å². The Labute approximate surface area is 156 Å². The molecule has 5 nitrogen and oxygen atoms in total. The molecule has 0 N–H and O–H groups in total. The first kappa shape index (κ1) is 19.9. The largest absolute Gasteiger partial charge is 0.389 e. The van der Waals surface area contributed by atoms with Crippen molar-refractivity contribution in [2.75, 3.05) is 27.3 Å². The Morgan fingerprint density at radius 3 is 2.04 bits per heavy atom. The minimum absolute atomic E-state index is 0.148. The van der Waals surface area contributed by atoms with Crippen LogP contribution in [-0.2, 0) is 27.5 Å². The minimum Gasteiger partial charge on any atom is -0.389 e. The highest BCUT2D eigenvalue weighted by Crippen LogP contribution is 2.07. The van der Waals surface area contributed by atoms with E-state index in [4.69, 9.17) is 14.3 Å². The summed E-state index contributed by atoms with van der Waals surface area (Å²) in [4.78, 5) is 7.39. The van der Waals surface area contributed by atoms with E-state index < -0.39 is 0 Å². The van der Waals surface area contributed by atoms with Gasteiger partial charge in [0.15, 0.2) is 6.10 Å². The van der Waals surface area contributed by atoms with Gasteiger partial charge in [-0.25, -0.2) is 0 Å². The summed E-state index contributed by atoms with van der Waals surface area (Å²) < 4.78 is 11.5. The maximum atomic E-state index is 5.79. The highest BCUT2D eigenvalue weighted by molar-refractivity contribution is 5.52. The Kier molecular flexibility index (Phi) is 9.25.